The highest BCUT2D eigenvalue weighted by molar-refractivity contribution is 5.65. The van der Waals surface area contributed by atoms with Gasteiger partial charge < -0.3 is 15.4 Å². The first-order valence-electron chi connectivity index (χ1n) is 10.2. The van der Waals surface area contributed by atoms with Crippen molar-refractivity contribution in [2.45, 2.75) is 18.9 Å². The number of anilines is 1. The lowest BCUT2D eigenvalue weighted by Gasteiger charge is -2.31. The normalized spacial score (nSPS) is 14.2. The number of piperidine rings is 1. The fraction of sp³-hybridized carbons (Fsp3) is 0.261. The summed E-state index contributed by atoms with van der Waals surface area (Å²) in [7, 11) is 1.29. The third-order valence-corrected chi connectivity index (χ3v) is 5.57. The number of nitrogens with zero attached hydrogens (tertiary/aromatic N) is 4. The lowest BCUT2D eigenvalue weighted by Crippen LogP contribution is -2.42. The molecule has 0 bridgehead atoms. The van der Waals surface area contributed by atoms with Crippen molar-refractivity contribution in [1.82, 2.24) is 9.55 Å². The maximum atomic E-state index is 15.3. The fourth-order valence-electron chi connectivity index (χ4n) is 3.77. The third kappa shape index (κ3) is 4.15. The molecule has 1 saturated heterocycles. The second-order valence-corrected chi connectivity index (χ2v) is 7.63. The summed E-state index contributed by atoms with van der Waals surface area (Å²) >= 11 is 0. The van der Waals surface area contributed by atoms with Gasteiger partial charge in [-0.05, 0) is 31.0 Å². The van der Waals surface area contributed by atoms with Crippen LogP contribution in [0.4, 0.5) is 24.7 Å². The van der Waals surface area contributed by atoms with Crippen molar-refractivity contribution in [3.63, 3.8) is 0 Å². The predicted octanol–water partition coefficient (Wildman–Crippen LogP) is 3.80. The molecule has 0 spiro atoms. The second kappa shape index (κ2) is 8.96. The van der Waals surface area contributed by atoms with E-state index in [0.29, 0.717) is 25.9 Å². The van der Waals surface area contributed by atoms with E-state index in [1.165, 1.54) is 31.4 Å². The second-order valence-electron chi connectivity index (χ2n) is 7.63. The Kier molecular flexibility index (Phi) is 6.07. The first-order valence-corrected chi connectivity index (χ1v) is 10.2. The lowest BCUT2D eigenvalue weighted by atomic mass is 10.1. The molecule has 2 aromatic carbocycles. The van der Waals surface area contributed by atoms with Crippen LogP contribution in [0.2, 0.25) is 0 Å². The van der Waals surface area contributed by atoms with Gasteiger partial charge in [0.2, 0.25) is 11.5 Å². The van der Waals surface area contributed by atoms with E-state index < -0.39 is 23.0 Å². The molecule has 0 atom stereocenters. The van der Waals surface area contributed by atoms with Crippen LogP contribution in [0.1, 0.15) is 12.8 Å². The molecule has 0 unspecified atom stereocenters. The van der Waals surface area contributed by atoms with Crippen LogP contribution in [-0.2, 0) is 0 Å². The van der Waals surface area contributed by atoms with Crippen LogP contribution >= 0.6 is 0 Å². The highest BCUT2D eigenvalue weighted by Gasteiger charge is 2.26. The Morgan fingerprint density at radius 2 is 1.85 bits per heavy atom. The fourth-order valence-corrected chi connectivity index (χ4v) is 3.77. The van der Waals surface area contributed by atoms with Gasteiger partial charge in [0.1, 0.15) is 11.6 Å². The summed E-state index contributed by atoms with van der Waals surface area (Å²) in [6, 6.07) is 7.34. The van der Waals surface area contributed by atoms with Crippen molar-refractivity contribution in [1.29, 1.82) is 0 Å². The van der Waals surface area contributed by atoms with Crippen LogP contribution < -0.4 is 20.9 Å². The summed E-state index contributed by atoms with van der Waals surface area (Å²) < 4.78 is 49.9. The number of hydrogen-bond acceptors (Lipinski definition) is 5. The quantitative estimate of drug-likeness (QED) is 0.606. The first-order chi connectivity index (χ1) is 15.8. The Balaban J connectivity index is 1.96. The lowest BCUT2D eigenvalue weighted by molar-refractivity contribution is 0.386. The zero-order valence-corrected chi connectivity index (χ0v) is 17.7. The number of methoxy groups -OCH3 is 1. The van der Waals surface area contributed by atoms with Crippen LogP contribution in [0.25, 0.3) is 21.9 Å². The van der Waals surface area contributed by atoms with Gasteiger partial charge in [0, 0.05) is 30.8 Å². The molecular formula is C23H20F3N5O2. The molecule has 170 valence electrons. The van der Waals surface area contributed by atoms with Gasteiger partial charge in [-0.15, -0.1) is 0 Å². The van der Waals surface area contributed by atoms with Gasteiger partial charge in [-0.3, -0.25) is 9.36 Å². The summed E-state index contributed by atoms with van der Waals surface area (Å²) in [6.45, 7) is 7.84. The summed E-state index contributed by atoms with van der Waals surface area (Å²) in [6.07, 6.45) is 1.19. The molecule has 0 radical (unpaired) electrons. The summed E-state index contributed by atoms with van der Waals surface area (Å²) in [4.78, 5) is 22.2. The molecule has 0 saturated carbocycles. The molecule has 1 aromatic heterocycles. The maximum Gasteiger partial charge on any atom is 0.296 e. The monoisotopic (exact) mass is 455 g/mol. The van der Waals surface area contributed by atoms with E-state index in [4.69, 9.17) is 17.0 Å². The molecule has 7 nitrogen and oxygen atoms in total. The number of nitrogens with two attached hydrogens (primary N) is 1. The van der Waals surface area contributed by atoms with Gasteiger partial charge in [-0.25, -0.2) is 18.6 Å². The van der Waals surface area contributed by atoms with Crippen LogP contribution in [0, 0.1) is 24.0 Å². The Morgan fingerprint density at radius 3 is 2.45 bits per heavy atom. The average Bonchev–Trinajstić information content (AvgIpc) is 2.81. The van der Waals surface area contributed by atoms with E-state index in [1.807, 2.05) is 0 Å². The molecular weight excluding hydrogens is 435 g/mol. The van der Waals surface area contributed by atoms with Gasteiger partial charge >= 0.3 is 0 Å². The van der Waals surface area contributed by atoms with Crippen molar-refractivity contribution in [3.05, 3.63) is 75.6 Å². The molecule has 10 heteroatoms. The van der Waals surface area contributed by atoms with E-state index in [2.05, 4.69) is 9.83 Å². The maximum absolute atomic E-state index is 15.3. The highest BCUT2D eigenvalue weighted by Crippen LogP contribution is 2.30. The van der Waals surface area contributed by atoms with Gasteiger partial charge in [0.05, 0.1) is 19.4 Å². The zero-order chi connectivity index (χ0) is 23.7. The van der Waals surface area contributed by atoms with E-state index in [0.717, 1.165) is 16.7 Å². The number of aromatic nitrogens is 2. The van der Waals surface area contributed by atoms with Crippen molar-refractivity contribution < 1.29 is 17.9 Å². The highest BCUT2D eigenvalue weighted by atomic mass is 19.1. The van der Waals surface area contributed by atoms with Crippen LogP contribution in [0.15, 0.2) is 41.2 Å². The van der Waals surface area contributed by atoms with Gasteiger partial charge in [-0.1, -0.05) is 12.1 Å². The van der Waals surface area contributed by atoms with Gasteiger partial charge in [0.25, 0.3) is 5.56 Å². The standard InChI is InChI=1S/C23H20F3N5O2/c1-28-18-5-3-13(11-16(18)24)21-29-22(30-9-7-14(27)8-10-30)20(26)23(32)31(21)15-4-6-19(33-2)17(25)12-15/h3-6,11-12,14H,7-10,27H2,2H3. The molecule has 33 heavy (non-hydrogen) atoms. The number of halogens is 3. The molecule has 3 aromatic rings. The van der Waals surface area contributed by atoms with Gasteiger partial charge in [0.15, 0.2) is 17.4 Å². The molecule has 1 aliphatic heterocycles. The van der Waals surface area contributed by atoms with Crippen molar-refractivity contribution >= 4 is 11.5 Å². The smallest absolute Gasteiger partial charge is 0.296 e. The molecule has 0 amide bonds. The number of benzene rings is 2. The van der Waals surface area contributed by atoms with Crippen molar-refractivity contribution in [2.24, 2.45) is 5.73 Å². The SMILES string of the molecule is [C-]#[N+]c1ccc(-c2nc(N3CCC(N)CC3)c(F)c(=O)n2-c2ccc(OC)c(F)c2)cc1F. The average molecular weight is 455 g/mol. The van der Waals surface area contributed by atoms with E-state index >= 15 is 4.39 Å². The number of ether oxygens (including phenoxy) is 1. The van der Waals surface area contributed by atoms with Gasteiger partial charge in [-0.2, -0.15) is 4.39 Å². The molecule has 2 heterocycles. The largest absolute Gasteiger partial charge is 0.494 e. The van der Waals surface area contributed by atoms with E-state index in [-0.39, 0.29) is 40.4 Å². The molecule has 2 N–H and O–H groups in total. The number of rotatable bonds is 4. The van der Waals surface area contributed by atoms with Crippen molar-refractivity contribution in [2.75, 3.05) is 25.1 Å². The summed E-state index contributed by atoms with van der Waals surface area (Å²) in [5.74, 6) is -3.02. The van der Waals surface area contributed by atoms with Crippen LogP contribution in [-0.4, -0.2) is 35.8 Å². The molecule has 1 fully saturated rings. The van der Waals surface area contributed by atoms with E-state index in [9.17, 15) is 13.6 Å². The van der Waals surface area contributed by atoms with Crippen molar-refractivity contribution in [3.8, 4) is 22.8 Å². The Morgan fingerprint density at radius 1 is 1.12 bits per heavy atom. The third-order valence-electron chi connectivity index (χ3n) is 5.57. The molecule has 1 aliphatic rings. The topological polar surface area (TPSA) is 77.7 Å². The zero-order valence-electron chi connectivity index (χ0n) is 17.7. The summed E-state index contributed by atoms with van der Waals surface area (Å²) in [5.41, 5.74) is 4.76. The number of hydrogen-bond donors (Lipinski definition) is 1. The Bertz CT molecular complexity index is 1310. The predicted molar refractivity (Wildman–Crippen MR) is 117 cm³/mol. The molecule has 0 aliphatic carbocycles. The molecule has 4 rings (SSSR count). The summed E-state index contributed by atoms with van der Waals surface area (Å²) in [5, 5.41) is 0. The minimum Gasteiger partial charge on any atom is -0.494 e. The Labute approximate surface area is 187 Å². The first kappa shape index (κ1) is 22.4. The minimum absolute atomic E-state index is 0.0124. The van der Waals surface area contributed by atoms with Crippen LogP contribution in [0.5, 0.6) is 5.75 Å². The van der Waals surface area contributed by atoms with Crippen LogP contribution in [0.3, 0.4) is 0 Å². The Hall–Kier alpha value is -3.84. The van der Waals surface area contributed by atoms with E-state index in [1.54, 1.807) is 4.90 Å². The minimum atomic E-state index is -1.11.